The molecule has 0 aliphatic carbocycles. The Hall–Kier alpha value is -3.75. The van der Waals surface area contributed by atoms with Crippen LogP contribution in [0.5, 0.6) is 5.75 Å². The van der Waals surface area contributed by atoms with Crippen molar-refractivity contribution in [3.05, 3.63) is 89.0 Å². The molecule has 0 fully saturated rings. The van der Waals surface area contributed by atoms with Gasteiger partial charge in [-0.2, -0.15) is 0 Å². The van der Waals surface area contributed by atoms with Gasteiger partial charge in [0, 0.05) is 29.8 Å². The molecule has 4 rings (SSSR count). The number of rotatable bonds is 6. The summed E-state index contributed by atoms with van der Waals surface area (Å²) in [6.45, 7) is 0. The third-order valence-electron chi connectivity index (χ3n) is 5.08. The fourth-order valence-corrected chi connectivity index (χ4v) is 3.62. The minimum atomic E-state index is -4.84. The lowest BCUT2D eigenvalue weighted by Gasteiger charge is -2.18. The lowest BCUT2D eigenvalue weighted by atomic mass is 9.88. The molecular formula is C23H16F4N2O3. The van der Waals surface area contributed by atoms with E-state index in [0.29, 0.717) is 16.8 Å². The number of anilines is 1. The second-order valence-corrected chi connectivity index (χ2v) is 7.26. The molecule has 0 spiro atoms. The van der Waals surface area contributed by atoms with Crippen molar-refractivity contribution in [1.82, 2.24) is 4.98 Å². The number of fused-ring (bicyclic) bond motifs is 1. The number of ether oxygens (including phenoxy) is 1. The molecule has 1 aliphatic rings. The summed E-state index contributed by atoms with van der Waals surface area (Å²) in [6, 6.07) is 12.3. The number of nitrogens with one attached hydrogen (secondary N) is 1. The smallest absolute Gasteiger partial charge is 0.406 e. The monoisotopic (exact) mass is 444 g/mol. The normalized spacial score (nSPS) is 13.9. The van der Waals surface area contributed by atoms with Crippen molar-refractivity contribution in [3.63, 3.8) is 0 Å². The van der Waals surface area contributed by atoms with Crippen LogP contribution in [0.1, 0.15) is 39.5 Å². The van der Waals surface area contributed by atoms with E-state index in [1.165, 1.54) is 30.5 Å². The highest BCUT2D eigenvalue weighted by atomic mass is 19.4. The van der Waals surface area contributed by atoms with Gasteiger partial charge in [-0.25, -0.2) is 4.39 Å². The van der Waals surface area contributed by atoms with Crippen molar-refractivity contribution in [3.8, 4) is 5.75 Å². The molecule has 0 radical (unpaired) electrons. The number of Topliss-reactive ketones (excluding diaryl/α,β-unsaturated/α-hetero) is 1. The van der Waals surface area contributed by atoms with Gasteiger partial charge in [0.2, 0.25) is 5.91 Å². The first kappa shape index (κ1) is 21.5. The molecule has 164 valence electrons. The van der Waals surface area contributed by atoms with Gasteiger partial charge in [0.05, 0.1) is 12.1 Å². The maximum absolute atomic E-state index is 14.5. The number of carbonyl (C=O) groups is 2. The predicted molar refractivity (Wildman–Crippen MR) is 107 cm³/mol. The number of pyridine rings is 1. The molecule has 1 aromatic heterocycles. The molecule has 1 amide bonds. The number of amides is 1. The van der Waals surface area contributed by atoms with Crippen molar-refractivity contribution in [2.45, 2.75) is 25.1 Å². The zero-order valence-electron chi connectivity index (χ0n) is 16.4. The Morgan fingerprint density at radius 1 is 1.12 bits per heavy atom. The fourth-order valence-electron chi connectivity index (χ4n) is 3.62. The molecule has 0 bridgehead atoms. The topological polar surface area (TPSA) is 68.3 Å². The predicted octanol–water partition coefficient (Wildman–Crippen LogP) is 5.02. The third kappa shape index (κ3) is 4.77. The summed E-state index contributed by atoms with van der Waals surface area (Å²) in [4.78, 5) is 28.6. The van der Waals surface area contributed by atoms with E-state index in [2.05, 4.69) is 15.0 Å². The average molecular weight is 444 g/mol. The van der Waals surface area contributed by atoms with Crippen molar-refractivity contribution < 1.29 is 31.9 Å². The molecule has 0 saturated heterocycles. The number of carbonyl (C=O) groups excluding carboxylic acids is 2. The van der Waals surface area contributed by atoms with E-state index in [0.717, 1.165) is 17.7 Å². The van der Waals surface area contributed by atoms with Crippen molar-refractivity contribution in [2.75, 3.05) is 5.32 Å². The molecule has 3 aromatic rings. The SMILES string of the molecule is O=C1Cc2ccc(C(=O)C[C@@H](c3ccc(OC(F)(F)F)cc3)c3ncccc3F)cc2N1. The van der Waals surface area contributed by atoms with Crippen molar-refractivity contribution >= 4 is 17.4 Å². The van der Waals surface area contributed by atoms with Gasteiger partial charge >= 0.3 is 6.36 Å². The van der Waals surface area contributed by atoms with Gasteiger partial charge in [0.1, 0.15) is 11.6 Å². The molecule has 0 unspecified atom stereocenters. The molecule has 5 nitrogen and oxygen atoms in total. The van der Waals surface area contributed by atoms with Crippen LogP contribution in [0.2, 0.25) is 0 Å². The van der Waals surface area contributed by atoms with Crippen LogP contribution in [-0.2, 0) is 11.2 Å². The van der Waals surface area contributed by atoms with Crippen LogP contribution in [0.25, 0.3) is 0 Å². The van der Waals surface area contributed by atoms with Crippen LogP contribution >= 0.6 is 0 Å². The summed E-state index contributed by atoms with van der Waals surface area (Å²) in [5, 5.41) is 2.67. The largest absolute Gasteiger partial charge is 0.573 e. The lowest BCUT2D eigenvalue weighted by molar-refractivity contribution is -0.274. The maximum Gasteiger partial charge on any atom is 0.573 e. The van der Waals surface area contributed by atoms with Crippen LogP contribution in [0.4, 0.5) is 23.2 Å². The van der Waals surface area contributed by atoms with Crippen LogP contribution in [0.3, 0.4) is 0 Å². The number of benzene rings is 2. The van der Waals surface area contributed by atoms with E-state index in [9.17, 15) is 27.2 Å². The van der Waals surface area contributed by atoms with Crippen LogP contribution in [0, 0.1) is 5.82 Å². The highest BCUT2D eigenvalue weighted by Crippen LogP contribution is 2.33. The zero-order chi connectivity index (χ0) is 22.9. The highest BCUT2D eigenvalue weighted by Gasteiger charge is 2.31. The second kappa shape index (κ2) is 8.41. The first-order chi connectivity index (χ1) is 15.2. The Morgan fingerprint density at radius 3 is 2.56 bits per heavy atom. The minimum Gasteiger partial charge on any atom is -0.406 e. The summed E-state index contributed by atoms with van der Waals surface area (Å²) in [7, 11) is 0. The van der Waals surface area contributed by atoms with Crippen molar-refractivity contribution in [1.29, 1.82) is 0 Å². The van der Waals surface area contributed by atoms with Crippen LogP contribution < -0.4 is 10.1 Å². The van der Waals surface area contributed by atoms with E-state index >= 15 is 0 Å². The Morgan fingerprint density at radius 2 is 1.88 bits per heavy atom. The molecule has 9 heteroatoms. The Labute approximate surface area is 180 Å². The molecule has 2 aromatic carbocycles. The fraction of sp³-hybridized carbons (Fsp3) is 0.174. The summed E-state index contributed by atoms with van der Waals surface area (Å²) in [5.74, 6) is -2.41. The quantitative estimate of drug-likeness (QED) is 0.428. The number of hydrogen-bond donors (Lipinski definition) is 1. The van der Waals surface area contributed by atoms with Gasteiger partial charge in [-0.05, 0) is 41.5 Å². The first-order valence-corrected chi connectivity index (χ1v) is 9.62. The maximum atomic E-state index is 14.5. The molecule has 0 saturated carbocycles. The molecule has 2 heterocycles. The summed E-state index contributed by atoms with van der Waals surface area (Å²) < 4.78 is 55.7. The number of ketones is 1. The van der Waals surface area contributed by atoms with Gasteiger partial charge < -0.3 is 10.1 Å². The summed E-state index contributed by atoms with van der Waals surface area (Å²) in [6.07, 6.45) is -3.41. The van der Waals surface area contributed by atoms with Gasteiger partial charge in [-0.3, -0.25) is 14.6 Å². The molecule has 1 N–H and O–H groups in total. The number of aromatic nitrogens is 1. The molecule has 1 aliphatic heterocycles. The van der Waals surface area contributed by atoms with Gasteiger partial charge in [-0.15, -0.1) is 13.2 Å². The zero-order valence-corrected chi connectivity index (χ0v) is 16.4. The second-order valence-electron chi connectivity index (χ2n) is 7.26. The Kier molecular flexibility index (Phi) is 5.65. The standard InChI is InChI=1S/C23H16F4N2O3/c24-18-2-1-9-28-22(18)17(13-5-7-16(8-6-13)32-23(25,26)27)12-20(30)15-4-3-14-11-21(31)29-19(14)10-15/h1-10,17H,11-12H2,(H,29,31)/t17-/m0/s1. The number of halogens is 4. The highest BCUT2D eigenvalue weighted by molar-refractivity contribution is 6.03. The molecule has 32 heavy (non-hydrogen) atoms. The number of alkyl halides is 3. The summed E-state index contributed by atoms with van der Waals surface area (Å²) in [5.41, 5.74) is 2.05. The van der Waals surface area contributed by atoms with E-state index in [1.807, 2.05) is 0 Å². The molecular weight excluding hydrogens is 428 g/mol. The van der Waals surface area contributed by atoms with Gasteiger partial charge in [0.25, 0.3) is 0 Å². The van der Waals surface area contributed by atoms with E-state index < -0.39 is 23.8 Å². The summed E-state index contributed by atoms with van der Waals surface area (Å²) >= 11 is 0. The minimum absolute atomic E-state index is 0.000183. The van der Waals surface area contributed by atoms with E-state index in [4.69, 9.17) is 0 Å². The first-order valence-electron chi connectivity index (χ1n) is 9.62. The van der Waals surface area contributed by atoms with Crippen LogP contribution in [0.15, 0.2) is 60.8 Å². The molecule has 1 atom stereocenters. The number of hydrogen-bond acceptors (Lipinski definition) is 4. The van der Waals surface area contributed by atoms with Crippen molar-refractivity contribution in [2.24, 2.45) is 0 Å². The van der Waals surface area contributed by atoms with Crippen LogP contribution in [-0.4, -0.2) is 23.0 Å². The number of nitrogens with zero attached hydrogens (tertiary/aromatic N) is 1. The lowest BCUT2D eigenvalue weighted by Crippen LogP contribution is -2.17. The Balaban J connectivity index is 1.64. The van der Waals surface area contributed by atoms with Gasteiger partial charge in [0.15, 0.2) is 5.78 Å². The third-order valence-corrected chi connectivity index (χ3v) is 5.08. The Bertz CT molecular complexity index is 1180. The van der Waals surface area contributed by atoms with E-state index in [1.54, 1.807) is 18.2 Å². The van der Waals surface area contributed by atoms with Gasteiger partial charge in [-0.1, -0.05) is 24.3 Å². The average Bonchev–Trinajstić information content (AvgIpc) is 3.11. The van der Waals surface area contributed by atoms with E-state index in [-0.39, 0.29) is 30.2 Å².